The van der Waals surface area contributed by atoms with Crippen molar-refractivity contribution < 1.29 is 4.79 Å². The highest BCUT2D eigenvalue weighted by molar-refractivity contribution is 5.96. The number of carbonyl (C=O) groups excluding carboxylic acids is 1. The Morgan fingerprint density at radius 3 is 2.81 bits per heavy atom. The van der Waals surface area contributed by atoms with Gasteiger partial charge in [-0.1, -0.05) is 6.92 Å². The van der Waals surface area contributed by atoms with E-state index in [2.05, 4.69) is 9.97 Å². The third kappa shape index (κ3) is 1.74. The third-order valence-electron chi connectivity index (χ3n) is 2.56. The van der Waals surface area contributed by atoms with Gasteiger partial charge in [0.25, 0.3) is 5.56 Å². The second-order valence-corrected chi connectivity index (χ2v) is 3.69. The number of fused-ring (bicyclic) bond motifs is 1. The van der Waals surface area contributed by atoms with Gasteiger partial charge in [-0.25, -0.2) is 0 Å². The molecule has 0 radical (unpaired) electrons. The fraction of sp³-hybridized carbons (Fsp3) is 0.250. The second-order valence-electron chi connectivity index (χ2n) is 3.69. The molecule has 0 saturated heterocycles. The van der Waals surface area contributed by atoms with E-state index in [4.69, 9.17) is 0 Å². The van der Waals surface area contributed by atoms with Crippen molar-refractivity contribution in [3.63, 3.8) is 0 Å². The number of carbonyl (C=O) groups is 1. The maximum atomic E-state index is 11.6. The van der Waals surface area contributed by atoms with Gasteiger partial charge in [0.1, 0.15) is 0 Å². The Kier molecular flexibility index (Phi) is 2.56. The molecule has 0 amide bonds. The van der Waals surface area contributed by atoms with Crippen LogP contribution in [0.4, 0.5) is 0 Å². The lowest BCUT2D eigenvalue weighted by Crippen LogP contribution is -2.12. The molecule has 0 atom stereocenters. The van der Waals surface area contributed by atoms with Crippen molar-refractivity contribution in [1.82, 2.24) is 9.97 Å². The Morgan fingerprint density at radius 1 is 1.44 bits per heavy atom. The first-order valence-electron chi connectivity index (χ1n) is 5.14. The van der Waals surface area contributed by atoms with Crippen LogP contribution in [0.1, 0.15) is 29.8 Å². The minimum absolute atomic E-state index is 0.0604. The molecule has 0 aliphatic rings. The zero-order valence-corrected chi connectivity index (χ0v) is 9.20. The summed E-state index contributed by atoms with van der Waals surface area (Å²) in [4.78, 5) is 29.6. The van der Waals surface area contributed by atoms with Gasteiger partial charge in [-0.3, -0.25) is 14.6 Å². The maximum Gasteiger partial charge on any atom is 0.251 e. The summed E-state index contributed by atoms with van der Waals surface area (Å²) < 4.78 is 0. The number of nitrogens with zero attached hydrogens (tertiary/aromatic N) is 1. The molecule has 0 bridgehead atoms. The van der Waals surface area contributed by atoms with Crippen LogP contribution in [-0.2, 0) is 6.42 Å². The van der Waals surface area contributed by atoms with Crippen molar-refractivity contribution in [2.45, 2.75) is 20.3 Å². The fourth-order valence-electron chi connectivity index (χ4n) is 1.58. The number of hydrogen-bond acceptors (Lipinski definition) is 3. The first kappa shape index (κ1) is 10.5. The smallest absolute Gasteiger partial charge is 0.251 e. The number of ketones is 1. The van der Waals surface area contributed by atoms with E-state index >= 15 is 0 Å². The normalized spacial score (nSPS) is 10.6. The van der Waals surface area contributed by atoms with Gasteiger partial charge in [-0.05, 0) is 25.5 Å². The number of hydrogen-bond donors (Lipinski definition) is 1. The highest BCUT2D eigenvalue weighted by atomic mass is 16.1. The van der Waals surface area contributed by atoms with Gasteiger partial charge in [0.05, 0.1) is 11.0 Å². The van der Waals surface area contributed by atoms with Gasteiger partial charge >= 0.3 is 0 Å². The van der Waals surface area contributed by atoms with E-state index < -0.39 is 0 Å². The molecule has 0 fully saturated rings. The minimum Gasteiger partial charge on any atom is -0.320 e. The monoisotopic (exact) mass is 216 g/mol. The Morgan fingerprint density at radius 2 is 2.19 bits per heavy atom. The predicted octanol–water partition coefficient (Wildman–Crippen LogP) is 1.69. The van der Waals surface area contributed by atoms with Crippen molar-refractivity contribution in [2.24, 2.45) is 0 Å². The van der Waals surface area contributed by atoms with Crippen LogP contribution in [0.3, 0.4) is 0 Å². The summed E-state index contributed by atoms with van der Waals surface area (Å²) in [5, 5.41) is 0. The van der Waals surface area contributed by atoms with Gasteiger partial charge in [-0.2, -0.15) is 0 Å². The van der Waals surface area contributed by atoms with Crippen LogP contribution >= 0.6 is 0 Å². The largest absolute Gasteiger partial charge is 0.320 e. The van der Waals surface area contributed by atoms with E-state index in [0.717, 1.165) is 0 Å². The number of rotatable bonds is 2. The van der Waals surface area contributed by atoms with E-state index in [1.54, 1.807) is 12.1 Å². The number of aryl methyl sites for hydroxylation is 1. The van der Waals surface area contributed by atoms with Crippen molar-refractivity contribution >= 4 is 16.8 Å². The molecular formula is C12H12N2O2. The first-order valence-corrected chi connectivity index (χ1v) is 5.14. The van der Waals surface area contributed by atoms with Crippen LogP contribution < -0.4 is 5.56 Å². The molecule has 1 N–H and O–H groups in total. The highest BCUT2D eigenvalue weighted by Gasteiger charge is 2.05. The quantitative estimate of drug-likeness (QED) is 0.777. The lowest BCUT2D eigenvalue weighted by Gasteiger charge is -2.01. The van der Waals surface area contributed by atoms with E-state index in [1.165, 1.54) is 13.1 Å². The Labute approximate surface area is 92.3 Å². The van der Waals surface area contributed by atoms with Crippen LogP contribution in [0.5, 0.6) is 0 Å². The van der Waals surface area contributed by atoms with Crippen LogP contribution in [0.2, 0.25) is 0 Å². The second kappa shape index (κ2) is 3.89. The number of aromatic nitrogens is 2. The number of Topliss-reactive ketones (excluding diaryl/α,β-unsaturated/α-hetero) is 1. The van der Waals surface area contributed by atoms with Crippen LogP contribution in [-0.4, -0.2) is 15.8 Å². The molecule has 16 heavy (non-hydrogen) atoms. The lowest BCUT2D eigenvalue weighted by molar-refractivity contribution is 0.101. The average molecular weight is 216 g/mol. The van der Waals surface area contributed by atoms with Gasteiger partial charge < -0.3 is 4.98 Å². The molecule has 0 unspecified atom stereocenters. The van der Waals surface area contributed by atoms with Crippen molar-refractivity contribution in [2.75, 3.05) is 0 Å². The van der Waals surface area contributed by atoms with Crippen molar-refractivity contribution in [1.29, 1.82) is 0 Å². The zero-order valence-electron chi connectivity index (χ0n) is 9.20. The Hall–Kier alpha value is -1.97. The molecule has 0 aliphatic heterocycles. The van der Waals surface area contributed by atoms with E-state index in [-0.39, 0.29) is 11.3 Å². The minimum atomic E-state index is -0.113. The highest BCUT2D eigenvalue weighted by Crippen LogP contribution is 2.11. The molecule has 0 saturated carbocycles. The Balaban J connectivity index is 2.72. The fourth-order valence-corrected chi connectivity index (χ4v) is 1.58. The van der Waals surface area contributed by atoms with Gasteiger partial charge in [-0.15, -0.1) is 0 Å². The molecule has 82 valence electrons. The summed E-state index contributed by atoms with van der Waals surface area (Å²) in [5.74, 6) is -0.0604. The number of nitrogens with one attached hydrogen (secondary N) is 1. The first-order chi connectivity index (χ1) is 7.61. The summed E-state index contributed by atoms with van der Waals surface area (Å²) >= 11 is 0. The molecule has 4 heteroatoms. The summed E-state index contributed by atoms with van der Waals surface area (Å²) in [5.41, 5.74) is 2.41. The summed E-state index contributed by atoms with van der Waals surface area (Å²) in [7, 11) is 0. The standard InChI is InChI=1S/C12H12N2O2/c1-3-8-4-10-11(14-12(8)16)5-9(6-13-10)7(2)15/h4-6H,3H2,1-2H3,(H,14,16). The molecule has 0 aromatic carbocycles. The van der Waals surface area contributed by atoms with E-state index in [1.807, 2.05) is 6.92 Å². The topological polar surface area (TPSA) is 62.8 Å². The Bertz CT molecular complexity index is 614. The summed E-state index contributed by atoms with van der Waals surface area (Å²) in [6, 6.07) is 3.42. The van der Waals surface area contributed by atoms with Crippen molar-refractivity contribution in [3.8, 4) is 0 Å². The van der Waals surface area contributed by atoms with Gasteiger partial charge in [0.2, 0.25) is 0 Å². The average Bonchev–Trinajstić information content (AvgIpc) is 2.27. The number of pyridine rings is 2. The number of aromatic amines is 1. The zero-order chi connectivity index (χ0) is 11.7. The molecule has 2 aromatic heterocycles. The maximum absolute atomic E-state index is 11.6. The lowest BCUT2D eigenvalue weighted by atomic mass is 10.1. The summed E-state index contributed by atoms with van der Waals surface area (Å²) in [6.45, 7) is 3.39. The molecule has 2 aromatic rings. The van der Waals surface area contributed by atoms with Gasteiger partial charge in [0, 0.05) is 17.3 Å². The summed E-state index contributed by atoms with van der Waals surface area (Å²) in [6.07, 6.45) is 2.20. The van der Waals surface area contributed by atoms with Crippen LogP contribution in [0.15, 0.2) is 23.1 Å². The van der Waals surface area contributed by atoms with Crippen molar-refractivity contribution in [3.05, 3.63) is 39.8 Å². The van der Waals surface area contributed by atoms with E-state index in [9.17, 15) is 9.59 Å². The molecule has 2 heterocycles. The van der Waals surface area contributed by atoms with Crippen LogP contribution in [0.25, 0.3) is 11.0 Å². The van der Waals surface area contributed by atoms with Gasteiger partial charge in [0.15, 0.2) is 5.78 Å². The third-order valence-corrected chi connectivity index (χ3v) is 2.56. The molecule has 4 nitrogen and oxygen atoms in total. The molecular weight excluding hydrogens is 204 g/mol. The van der Waals surface area contributed by atoms with E-state index in [0.29, 0.717) is 28.6 Å². The molecule has 0 aliphatic carbocycles. The SMILES string of the molecule is CCc1cc2ncc(C(C)=O)cc2[nH]c1=O. The van der Waals surface area contributed by atoms with Crippen LogP contribution in [0, 0.1) is 0 Å². The number of H-pyrrole nitrogens is 1. The molecule has 0 spiro atoms. The molecule has 2 rings (SSSR count). The predicted molar refractivity (Wildman–Crippen MR) is 61.7 cm³/mol.